The van der Waals surface area contributed by atoms with Crippen LogP contribution in [-0.2, 0) is 20.1 Å². The van der Waals surface area contributed by atoms with Gasteiger partial charge in [0.05, 0.1) is 16.9 Å². The Balaban J connectivity index is 1.60. The maximum Gasteiger partial charge on any atom is 0.273 e. The van der Waals surface area contributed by atoms with Crippen molar-refractivity contribution in [1.82, 2.24) is 29.4 Å². The van der Waals surface area contributed by atoms with Gasteiger partial charge in [0.2, 0.25) is 0 Å². The Labute approximate surface area is 144 Å². The fourth-order valence-corrected chi connectivity index (χ4v) is 3.35. The second kappa shape index (κ2) is 6.84. The zero-order chi connectivity index (χ0) is 16.4. The molecule has 8 heteroatoms. The molecule has 0 radical (unpaired) electrons. The van der Waals surface area contributed by atoms with Gasteiger partial charge in [-0.2, -0.15) is 10.2 Å². The van der Waals surface area contributed by atoms with E-state index in [2.05, 4.69) is 31.0 Å². The number of nitrogens with zero attached hydrogens (tertiary/aromatic N) is 6. The van der Waals surface area contributed by atoms with Crippen molar-refractivity contribution < 1.29 is 4.79 Å². The molecule has 1 amide bonds. The molecule has 0 aliphatic carbocycles. The lowest BCUT2D eigenvalue weighted by Gasteiger charge is -2.34. The number of aromatic nitrogens is 4. The highest BCUT2D eigenvalue weighted by Crippen LogP contribution is 2.19. The van der Waals surface area contributed by atoms with Crippen LogP contribution in [0.3, 0.4) is 0 Å². The minimum atomic E-state index is 0.0530. The van der Waals surface area contributed by atoms with Gasteiger partial charge in [-0.3, -0.25) is 19.1 Å². The molecule has 1 saturated heterocycles. The summed E-state index contributed by atoms with van der Waals surface area (Å²) in [6.07, 6.45) is 5.62. The van der Waals surface area contributed by atoms with Gasteiger partial charge in [-0.25, -0.2) is 0 Å². The van der Waals surface area contributed by atoms with E-state index in [1.807, 2.05) is 35.9 Å². The molecule has 0 atom stereocenters. The van der Waals surface area contributed by atoms with Crippen LogP contribution >= 0.6 is 15.9 Å². The molecular formula is C15H21BrN6O. The monoisotopic (exact) mass is 380 g/mol. The highest BCUT2D eigenvalue weighted by atomic mass is 79.9. The highest BCUT2D eigenvalue weighted by molar-refractivity contribution is 9.10. The van der Waals surface area contributed by atoms with Gasteiger partial charge < -0.3 is 4.90 Å². The summed E-state index contributed by atoms with van der Waals surface area (Å²) in [6, 6.07) is 0. The molecule has 2 aromatic rings. The van der Waals surface area contributed by atoms with Crippen molar-refractivity contribution in [1.29, 1.82) is 0 Å². The summed E-state index contributed by atoms with van der Waals surface area (Å²) >= 11 is 3.43. The molecule has 7 nitrogen and oxygen atoms in total. The minimum absolute atomic E-state index is 0.0530. The first-order chi connectivity index (χ1) is 11.1. The third-order valence-electron chi connectivity index (χ3n) is 4.12. The topological polar surface area (TPSA) is 59.2 Å². The second-order valence-electron chi connectivity index (χ2n) is 5.75. The minimum Gasteiger partial charge on any atom is -0.335 e. The maximum absolute atomic E-state index is 12.7. The van der Waals surface area contributed by atoms with Crippen molar-refractivity contribution in [3.05, 3.63) is 34.3 Å². The van der Waals surface area contributed by atoms with Crippen molar-refractivity contribution in [2.75, 3.05) is 26.2 Å². The Kier molecular flexibility index (Phi) is 4.82. The molecular weight excluding hydrogens is 360 g/mol. The van der Waals surface area contributed by atoms with Crippen LogP contribution in [0.4, 0.5) is 0 Å². The Bertz CT molecular complexity index is 686. The van der Waals surface area contributed by atoms with Crippen LogP contribution in [0, 0.1) is 0 Å². The van der Waals surface area contributed by atoms with Crippen LogP contribution in [0.1, 0.15) is 23.0 Å². The van der Waals surface area contributed by atoms with Crippen LogP contribution in [0.2, 0.25) is 0 Å². The van der Waals surface area contributed by atoms with Gasteiger partial charge in [-0.05, 0) is 22.9 Å². The number of carbonyl (C=O) groups excluding carboxylic acids is 1. The molecule has 3 rings (SSSR count). The number of rotatable bonds is 4. The third kappa shape index (κ3) is 3.48. The summed E-state index contributed by atoms with van der Waals surface area (Å²) in [5, 5.41) is 8.42. The van der Waals surface area contributed by atoms with Gasteiger partial charge in [0.1, 0.15) is 5.69 Å². The molecule has 0 bridgehead atoms. The molecule has 0 N–H and O–H groups in total. The van der Waals surface area contributed by atoms with E-state index < -0.39 is 0 Å². The van der Waals surface area contributed by atoms with E-state index in [1.54, 1.807) is 10.9 Å². The van der Waals surface area contributed by atoms with E-state index in [0.29, 0.717) is 12.2 Å². The van der Waals surface area contributed by atoms with Crippen LogP contribution in [-0.4, -0.2) is 61.4 Å². The zero-order valence-corrected chi connectivity index (χ0v) is 15.0. The van der Waals surface area contributed by atoms with Gasteiger partial charge in [0.25, 0.3) is 5.91 Å². The van der Waals surface area contributed by atoms with E-state index in [4.69, 9.17) is 0 Å². The predicted molar refractivity (Wildman–Crippen MR) is 90.0 cm³/mol. The number of carbonyl (C=O) groups is 1. The average molecular weight is 381 g/mol. The molecule has 3 heterocycles. The fourth-order valence-electron chi connectivity index (χ4n) is 2.89. The van der Waals surface area contributed by atoms with Gasteiger partial charge in [0.15, 0.2) is 0 Å². The predicted octanol–water partition coefficient (Wildman–Crippen LogP) is 1.36. The SMILES string of the molecule is CCn1ncc(Br)c1C(=O)N1CCN(Cc2cnn(C)c2)CC1. The fraction of sp³-hybridized carbons (Fsp3) is 0.533. The van der Waals surface area contributed by atoms with Crippen molar-refractivity contribution in [2.24, 2.45) is 7.05 Å². The molecule has 1 aliphatic heterocycles. The van der Waals surface area contributed by atoms with Gasteiger partial charge in [-0.1, -0.05) is 0 Å². The van der Waals surface area contributed by atoms with E-state index in [0.717, 1.165) is 37.2 Å². The first kappa shape index (κ1) is 16.2. The number of halogens is 1. The number of aryl methyl sites for hydroxylation is 2. The normalized spacial score (nSPS) is 16.0. The molecule has 0 aromatic carbocycles. The van der Waals surface area contributed by atoms with E-state index >= 15 is 0 Å². The second-order valence-corrected chi connectivity index (χ2v) is 6.60. The summed E-state index contributed by atoms with van der Waals surface area (Å²) in [4.78, 5) is 17.0. The highest BCUT2D eigenvalue weighted by Gasteiger charge is 2.26. The molecule has 23 heavy (non-hydrogen) atoms. The summed E-state index contributed by atoms with van der Waals surface area (Å²) < 4.78 is 4.33. The van der Waals surface area contributed by atoms with Crippen LogP contribution in [0.15, 0.2) is 23.1 Å². The standard InChI is InChI=1S/C15H21BrN6O/c1-3-22-14(13(16)9-18-22)15(23)21-6-4-20(5-7-21)11-12-8-17-19(2)10-12/h8-10H,3-7,11H2,1-2H3. The summed E-state index contributed by atoms with van der Waals surface area (Å²) in [5.41, 5.74) is 1.85. The molecule has 2 aromatic heterocycles. The van der Waals surface area contributed by atoms with Gasteiger partial charge in [0, 0.05) is 58.1 Å². The third-order valence-corrected chi connectivity index (χ3v) is 4.70. The molecule has 0 unspecified atom stereocenters. The van der Waals surface area contributed by atoms with Crippen molar-refractivity contribution in [2.45, 2.75) is 20.0 Å². The number of amides is 1. The van der Waals surface area contributed by atoms with Crippen molar-refractivity contribution >= 4 is 21.8 Å². The Morgan fingerprint density at radius 3 is 2.57 bits per heavy atom. The Morgan fingerprint density at radius 1 is 1.22 bits per heavy atom. The molecule has 1 fully saturated rings. The van der Waals surface area contributed by atoms with Crippen LogP contribution in [0.25, 0.3) is 0 Å². The smallest absolute Gasteiger partial charge is 0.273 e. The quantitative estimate of drug-likeness (QED) is 0.803. The van der Waals surface area contributed by atoms with Crippen molar-refractivity contribution in [3.63, 3.8) is 0 Å². The van der Waals surface area contributed by atoms with Gasteiger partial charge >= 0.3 is 0 Å². The average Bonchev–Trinajstić information content (AvgIpc) is 3.13. The van der Waals surface area contributed by atoms with Crippen LogP contribution in [0.5, 0.6) is 0 Å². The lowest BCUT2D eigenvalue weighted by molar-refractivity contribution is 0.0615. The Morgan fingerprint density at radius 2 is 1.96 bits per heavy atom. The largest absolute Gasteiger partial charge is 0.335 e. The van der Waals surface area contributed by atoms with Crippen LogP contribution < -0.4 is 0 Å². The first-order valence-electron chi connectivity index (χ1n) is 7.79. The van der Waals surface area contributed by atoms with E-state index in [9.17, 15) is 4.79 Å². The zero-order valence-electron chi connectivity index (χ0n) is 13.4. The first-order valence-corrected chi connectivity index (χ1v) is 8.58. The summed E-state index contributed by atoms with van der Waals surface area (Å²) in [7, 11) is 1.93. The van der Waals surface area contributed by atoms with E-state index in [1.165, 1.54) is 5.56 Å². The summed E-state index contributed by atoms with van der Waals surface area (Å²) in [5.74, 6) is 0.0530. The number of hydrogen-bond acceptors (Lipinski definition) is 4. The summed E-state index contributed by atoms with van der Waals surface area (Å²) in [6.45, 7) is 6.78. The van der Waals surface area contributed by atoms with Gasteiger partial charge in [-0.15, -0.1) is 0 Å². The maximum atomic E-state index is 12.7. The molecule has 0 spiro atoms. The Hall–Kier alpha value is -1.67. The lowest BCUT2D eigenvalue weighted by Crippen LogP contribution is -2.48. The lowest BCUT2D eigenvalue weighted by atomic mass is 10.2. The molecule has 1 aliphatic rings. The van der Waals surface area contributed by atoms with E-state index in [-0.39, 0.29) is 5.91 Å². The van der Waals surface area contributed by atoms with Crippen molar-refractivity contribution in [3.8, 4) is 0 Å². The molecule has 124 valence electrons. The number of piperazine rings is 1. The number of hydrogen-bond donors (Lipinski definition) is 0. The molecule has 0 saturated carbocycles.